The quantitative estimate of drug-likeness (QED) is 0.254. The van der Waals surface area contributed by atoms with Crippen molar-refractivity contribution in [3.63, 3.8) is 0 Å². The molecule has 104 valence electrons. The number of nitrogens with zero attached hydrogens (tertiary/aromatic N) is 1. The molecule has 0 aromatic heterocycles. The number of hydrazine groups is 1. The number of unbranched alkanes of at least 4 members (excludes halogenated alkanes) is 1. The Balaban J connectivity index is 0. The average Bonchev–Trinajstić information content (AvgIpc) is 2.21. The number of rotatable bonds is 9. The van der Waals surface area contributed by atoms with Crippen LogP contribution in [-0.2, 0) is 9.59 Å². The summed E-state index contributed by atoms with van der Waals surface area (Å²) >= 11 is 0. The third-order valence-electron chi connectivity index (χ3n) is 1.92. The van der Waals surface area contributed by atoms with Gasteiger partial charge in [-0.3, -0.25) is 15.0 Å². The van der Waals surface area contributed by atoms with E-state index in [0.29, 0.717) is 13.0 Å². The highest BCUT2D eigenvalue weighted by molar-refractivity contribution is 5.76. The summed E-state index contributed by atoms with van der Waals surface area (Å²) in [5.41, 5.74) is 2.47. The third kappa shape index (κ3) is 12.4. The Bertz CT molecular complexity index is 289. The van der Waals surface area contributed by atoms with E-state index in [4.69, 9.17) is 11.5 Å². The van der Waals surface area contributed by atoms with E-state index in [9.17, 15) is 9.59 Å². The monoisotopic (exact) mass is 258 g/mol. The number of carbonyl (C=O) groups is 2. The molecule has 0 aromatic rings. The second-order valence-electron chi connectivity index (χ2n) is 3.62. The summed E-state index contributed by atoms with van der Waals surface area (Å²) in [6.45, 7) is 1.10. The number of hydrogen-bond acceptors (Lipinski definition) is 5. The maximum Gasteiger partial charge on any atom is 0.319 e. The van der Waals surface area contributed by atoms with Crippen molar-refractivity contribution in [1.82, 2.24) is 21.9 Å². The first-order chi connectivity index (χ1) is 8.06. The van der Waals surface area contributed by atoms with Crippen molar-refractivity contribution in [1.29, 1.82) is 0 Å². The molecule has 0 fully saturated rings. The SMILES string of the molecule is C#CCNCCCCC(=O)NN(C)CC(=O)O.N. The second kappa shape index (κ2) is 11.9. The fourth-order valence-electron chi connectivity index (χ4n) is 1.21. The van der Waals surface area contributed by atoms with Crippen LogP contribution in [0.5, 0.6) is 0 Å². The summed E-state index contributed by atoms with van der Waals surface area (Å²) in [5.74, 6) is 1.30. The fraction of sp³-hybridized carbons (Fsp3) is 0.636. The van der Waals surface area contributed by atoms with Gasteiger partial charge in [0.2, 0.25) is 5.91 Å². The first kappa shape index (κ1) is 18.7. The Morgan fingerprint density at radius 3 is 2.61 bits per heavy atom. The van der Waals surface area contributed by atoms with Gasteiger partial charge in [-0.05, 0) is 19.4 Å². The molecule has 0 heterocycles. The normalized spacial score (nSPS) is 9.39. The van der Waals surface area contributed by atoms with Gasteiger partial charge >= 0.3 is 5.97 Å². The molecule has 0 aromatic carbocycles. The lowest BCUT2D eigenvalue weighted by Crippen LogP contribution is -2.42. The number of nitrogens with one attached hydrogen (secondary N) is 2. The van der Waals surface area contributed by atoms with Crippen LogP contribution >= 0.6 is 0 Å². The van der Waals surface area contributed by atoms with Gasteiger partial charge in [-0.25, -0.2) is 5.01 Å². The second-order valence-corrected chi connectivity index (χ2v) is 3.62. The molecule has 0 saturated carbocycles. The highest BCUT2D eigenvalue weighted by Crippen LogP contribution is 1.94. The Hall–Kier alpha value is -1.62. The van der Waals surface area contributed by atoms with Crippen LogP contribution in [0.25, 0.3) is 0 Å². The zero-order valence-electron chi connectivity index (χ0n) is 10.7. The van der Waals surface area contributed by atoms with E-state index in [1.165, 1.54) is 12.1 Å². The number of carbonyl (C=O) groups excluding carboxylic acids is 1. The number of carboxylic acids is 1. The molecule has 7 heteroatoms. The lowest BCUT2D eigenvalue weighted by Gasteiger charge is -2.15. The van der Waals surface area contributed by atoms with E-state index in [2.05, 4.69) is 16.7 Å². The molecule has 7 nitrogen and oxygen atoms in total. The molecule has 6 N–H and O–H groups in total. The molecule has 0 rings (SSSR count). The highest BCUT2D eigenvalue weighted by atomic mass is 16.4. The smallest absolute Gasteiger partial charge is 0.319 e. The van der Waals surface area contributed by atoms with Gasteiger partial charge in [0, 0.05) is 13.5 Å². The molecular weight excluding hydrogens is 236 g/mol. The zero-order valence-corrected chi connectivity index (χ0v) is 10.7. The molecule has 0 spiro atoms. The molecule has 0 aliphatic heterocycles. The van der Waals surface area contributed by atoms with Crippen molar-refractivity contribution in [3.05, 3.63) is 0 Å². The van der Waals surface area contributed by atoms with Crippen molar-refractivity contribution in [3.8, 4) is 12.3 Å². The van der Waals surface area contributed by atoms with Gasteiger partial charge in [-0.2, -0.15) is 0 Å². The first-order valence-electron chi connectivity index (χ1n) is 5.43. The first-order valence-corrected chi connectivity index (χ1v) is 5.43. The van der Waals surface area contributed by atoms with Gasteiger partial charge in [0.25, 0.3) is 0 Å². The van der Waals surface area contributed by atoms with Gasteiger partial charge in [-0.15, -0.1) is 6.42 Å². The van der Waals surface area contributed by atoms with Gasteiger partial charge in [0.15, 0.2) is 0 Å². The predicted octanol–water partition coefficient (Wildman–Crippen LogP) is -0.411. The molecule has 18 heavy (non-hydrogen) atoms. The zero-order chi connectivity index (χ0) is 13.1. The maximum atomic E-state index is 11.3. The van der Waals surface area contributed by atoms with E-state index in [1.54, 1.807) is 0 Å². The molecule has 0 atom stereocenters. The summed E-state index contributed by atoms with van der Waals surface area (Å²) in [7, 11) is 1.51. The highest BCUT2D eigenvalue weighted by Gasteiger charge is 2.07. The van der Waals surface area contributed by atoms with Crippen LogP contribution in [0.15, 0.2) is 0 Å². The maximum absolute atomic E-state index is 11.3. The summed E-state index contributed by atoms with van der Waals surface area (Å²) < 4.78 is 0. The van der Waals surface area contributed by atoms with E-state index in [-0.39, 0.29) is 18.6 Å². The Kier molecular flexibility index (Phi) is 12.3. The van der Waals surface area contributed by atoms with Gasteiger partial charge in [-0.1, -0.05) is 5.92 Å². The standard InChI is InChI=1S/C11H19N3O3.H3N/c1-3-7-12-8-5-4-6-10(15)13-14(2)9-11(16)17;/h1,12H,4-9H2,2H3,(H,13,15)(H,16,17);1H3. The van der Waals surface area contributed by atoms with Crippen molar-refractivity contribution in [2.75, 3.05) is 26.7 Å². The molecule has 1 amide bonds. The van der Waals surface area contributed by atoms with Crippen LogP contribution in [-0.4, -0.2) is 48.7 Å². The lowest BCUT2D eigenvalue weighted by atomic mass is 10.2. The summed E-state index contributed by atoms with van der Waals surface area (Å²) in [6.07, 6.45) is 7.03. The number of likely N-dealkylation sites (N-methyl/N-ethyl adjacent to an activating group) is 1. The van der Waals surface area contributed by atoms with E-state index in [0.717, 1.165) is 19.4 Å². The minimum atomic E-state index is -0.980. The summed E-state index contributed by atoms with van der Waals surface area (Å²) in [6, 6.07) is 0. The Morgan fingerprint density at radius 2 is 2.06 bits per heavy atom. The minimum absolute atomic E-state index is 0. The Labute approximate surface area is 107 Å². The molecule has 0 bridgehead atoms. The summed E-state index contributed by atoms with van der Waals surface area (Å²) in [5, 5.41) is 12.7. The van der Waals surface area contributed by atoms with Crippen molar-refractivity contribution in [2.45, 2.75) is 19.3 Å². The summed E-state index contributed by atoms with van der Waals surface area (Å²) in [4.78, 5) is 21.7. The van der Waals surface area contributed by atoms with Crippen LogP contribution < -0.4 is 16.9 Å². The van der Waals surface area contributed by atoms with Crippen molar-refractivity contribution in [2.24, 2.45) is 0 Å². The molecule has 0 saturated heterocycles. The molecule has 0 aliphatic carbocycles. The predicted molar refractivity (Wildman–Crippen MR) is 69.0 cm³/mol. The molecule has 0 aliphatic rings. The van der Waals surface area contributed by atoms with Crippen molar-refractivity contribution < 1.29 is 14.7 Å². The van der Waals surface area contributed by atoms with Crippen LogP contribution in [0.3, 0.4) is 0 Å². The van der Waals surface area contributed by atoms with Gasteiger partial charge in [0.05, 0.1) is 6.54 Å². The average molecular weight is 258 g/mol. The topological polar surface area (TPSA) is 117 Å². The molecular formula is C11H22N4O3. The van der Waals surface area contributed by atoms with Gasteiger partial charge in [0.1, 0.15) is 6.54 Å². The molecule has 0 radical (unpaired) electrons. The Morgan fingerprint density at radius 1 is 1.39 bits per heavy atom. The van der Waals surface area contributed by atoms with E-state index >= 15 is 0 Å². The van der Waals surface area contributed by atoms with Crippen LogP contribution in [0.2, 0.25) is 0 Å². The number of aliphatic carboxylic acids is 1. The third-order valence-corrected chi connectivity index (χ3v) is 1.92. The van der Waals surface area contributed by atoms with E-state index in [1.807, 2.05) is 0 Å². The van der Waals surface area contributed by atoms with Crippen LogP contribution in [0.4, 0.5) is 0 Å². The fourth-order valence-corrected chi connectivity index (χ4v) is 1.21. The number of amides is 1. The van der Waals surface area contributed by atoms with Crippen LogP contribution in [0.1, 0.15) is 19.3 Å². The van der Waals surface area contributed by atoms with Crippen LogP contribution in [0, 0.1) is 12.3 Å². The van der Waals surface area contributed by atoms with E-state index < -0.39 is 5.97 Å². The number of carboxylic acid groups (broad SMARTS) is 1. The number of terminal acetylenes is 1. The van der Waals surface area contributed by atoms with Crippen molar-refractivity contribution >= 4 is 11.9 Å². The molecule has 0 unspecified atom stereocenters. The largest absolute Gasteiger partial charge is 0.480 e. The lowest BCUT2D eigenvalue weighted by molar-refractivity contribution is -0.139. The minimum Gasteiger partial charge on any atom is -0.480 e. The van der Waals surface area contributed by atoms with Gasteiger partial charge < -0.3 is 16.6 Å². The number of hydrogen-bond donors (Lipinski definition) is 4.